The molecule has 2 aromatic carbocycles. The third kappa shape index (κ3) is 6.73. The van der Waals surface area contributed by atoms with Gasteiger partial charge in [-0.2, -0.15) is 0 Å². The molecule has 0 unspecified atom stereocenters. The van der Waals surface area contributed by atoms with Crippen LogP contribution in [0.25, 0.3) is 17.1 Å². The Labute approximate surface area is 258 Å². The SMILES string of the molecule is Cc1ccc(Cl)cc1-n1c(SCc2nc(C(=O)NC3CCN(Cc4ccccc4)CC3)cs2)nnc1-c1cccnc1. The van der Waals surface area contributed by atoms with Crippen molar-refractivity contribution in [3.63, 3.8) is 0 Å². The summed E-state index contributed by atoms with van der Waals surface area (Å²) in [6.45, 7) is 4.91. The Morgan fingerprint density at radius 1 is 1.10 bits per heavy atom. The molecule has 5 aromatic rings. The van der Waals surface area contributed by atoms with Gasteiger partial charge in [-0.15, -0.1) is 21.5 Å². The van der Waals surface area contributed by atoms with Crippen molar-refractivity contribution in [2.75, 3.05) is 13.1 Å². The van der Waals surface area contributed by atoms with E-state index in [1.54, 1.807) is 12.4 Å². The Morgan fingerprint density at radius 2 is 1.93 bits per heavy atom. The topological polar surface area (TPSA) is 88.8 Å². The first-order valence-electron chi connectivity index (χ1n) is 13.8. The normalized spacial score (nSPS) is 14.2. The molecule has 3 aromatic heterocycles. The largest absolute Gasteiger partial charge is 0.348 e. The monoisotopic (exact) mass is 615 g/mol. The van der Waals surface area contributed by atoms with Crippen LogP contribution in [0.4, 0.5) is 0 Å². The second-order valence-corrected chi connectivity index (χ2v) is 12.6. The van der Waals surface area contributed by atoms with E-state index in [0.29, 0.717) is 27.5 Å². The number of halogens is 1. The highest BCUT2D eigenvalue weighted by Gasteiger charge is 2.23. The number of nitrogens with one attached hydrogen (secondary N) is 1. The van der Waals surface area contributed by atoms with Crippen molar-refractivity contribution >= 4 is 40.6 Å². The maximum atomic E-state index is 13.0. The molecule has 0 atom stereocenters. The zero-order valence-corrected chi connectivity index (χ0v) is 25.5. The molecule has 1 amide bonds. The van der Waals surface area contributed by atoms with E-state index in [-0.39, 0.29) is 11.9 Å². The molecule has 42 heavy (non-hydrogen) atoms. The van der Waals surface area contributed by atoms with Crippen molar-refractivity contribution in [1.29, 1.82) is 0 Å². The minimum Gasteiger partial charge on any atom is -0.348 e. The number of hydrogen-bond donors (Lipinski definition) is 1. The van der Waals surface area contributed by atoms with Gasteiger partial charge in [0, 0.05) is 54.0 Å². The fourth-order valence-electron chi connectivity index (χ4n) is 5.03. The number of hydrogen-bond acceptors (Lipinski definition) is 8. The summed E-state index contributed by atoms with van der Waals surface area (Å²) in [6.07, 6.45) is 5.37. The number of aryl methyl sites for hydroxylation is 1. The van der Waals surface area contributed by atoms with Crippen LogP contribution in [-0.2, 0) is 12.3 Å². The first-order valence-corrected chi connectivity index (χ1v) is 16.0. The first-order chi connectivity index (χ1) is 20.5. The number of amides is 1. The lowest BCUT2D eigenvalue weighted by molar-refractivity contribution is 0.0904. The van der Waals surface area contributed by atoms with Gasteiger partial charge >= 0.3 is 0 Å². The molecule has 0 aliphatic carbocycles. The summed E-state index contributed by atoms with van der Waals surface area (Å²) in [6, 6.07) is 20.3. The number of thioether (sulfide) groups is 1. The molecule has 4 heterocycles. The molecule has 6 rings (SSSR count). The molecule has 1 N–H and O–H groups in total. The maximum absolute atomic E-state index is 13.0. The maximum Gasteiger partial charge on any atom is 0.270 e. The van der Waals surface area contributed by atoms with Crippen LogP contribution in [0, 0.1) is 6.92 Å². The third-order valence-corrected chi connectivity index (χ3v) is 9.45. The molecule has 214 valence electrons. The van der Waals surface area contributed by atoms with E-state index in [9.17, 15) is 4.79 Å². The first kappa shape index (κ1) is 28.5. The number of rotatable bonds is 9. The molecule has 1 aliphatic rings. The summed E-state index contributed by atoms with van der Waals surface area (Å²) >= 11 is 9.38. The van der Waals surface area contributed by atoms with Gasteiger partial charge in [0.15, 0.2) is 11.0 Å². The summed E-state index contributed by atoms with van der Waals surface area (Å²) in [5.41, 5.74) is 4.59. The van der Waals surface area contributed by atoms with Crippen molar-refractivity contribution in [3.8, 4) is 17.1 Å². The average molecular weight is 616 g/mol. The highest BCUT2D eigenvalue weighted by atomic mass is 35.5. The number of likely N-dealkylation sites (tertiary alicyclic amines) is 1. The number of nitrogens with zero attached hydrogens (tertiary/aromatic N) is 6. The van der Waals surface area contributed by atoms with Crippen LogP contribution in [0.1, 0.15) is 39.5 Å². The lowest BCUT2D eigenvalue weighted by atomic mass is 10.0. The number of benzene rings is 2. The quantitative estimate of drug-likeness (QED) is 0.191. The number of carbonyl (C=O) groups excluding carboxylic acids is 1. The predicted molar refractivity (Wildman–Crippen MR) is 168 cm³/mol. The molecular weight excluding hydrogens is 586 g/mol. The van der Waals surface area contributed by atoms with Crippen LogP contribution < -0.4 is 5.32 Å². The zero-order chi connectivity index (χ0) is 28.9. The van der Waals surface area contributed by atoms with Gasteiger partial charge in [-0.25, -0.2) is 4.98 Å². The van der Waals surface area contributed by atoms with Gasteiger partial charge in [0.2, 0.25) is 0 Å². The van der Waals surface area contributed by atoms with Crippen molar-refractivity contribution in [3.05, 3.63) is 105 Å². The summed E-state index contributed by atoms with van der Waals surface area (Å²) < 4.78 is 2.01. The van der Waals surface area contributed by atoms with Crippen LogP contribution in [0.15, 0.2) is 83.6 Å². The van der Waals surface area contributed by atoms with E-state index in [2.05, 4.69) is 54.6 Å². The van der Waals surface area contributed by atoms with E-state index in [4.69, 9.17) is 11.6 Å². The highest BCUT2D eigenvalue weighted by Crippen LogP contribution is 2.32. The van der Waals surface area contributed by atoms with Gasteiger partial charge in [-0.05, 0) is 55.2 Å². The fourth-order valence-corrected chi connectivity index (χ4v) is 6.93. The highest BCUT2D eigenvalue weighted by molar-refractivity contribution is 7.98. The van der Waals surface area contributed by atoms with Gasteiger partial charge < -0.3 is 5.32 Å². The van der Waals surface area contributed by atoms with Gasteiger partial charge in [0.25, 0.3) is 5.91 Å². The Morgan fingerprint density at radius 3 is 2.71 bits per heavy atom. The predicted octanol–water partition coefficient (Wildman–Crippen LogP) is 6.43. The molecular formula is C31H30ClN7OS2. The number of thiazole rings is 1. The van der Waals surface area contributed by atoms with Gasteiger partial charge in [-0.1, -0.05) is 59.8 Å². The van der Waals surface area contributed by atoms with E-state index >= 15 is 0 Å². The summed E-state index contributed by atoms with van der Waals surface area (Å²) in [5.74, 6) is 1.13. The number of pyridine rings is 1. The van der Waals surface area contributed by atoms with Crippen LogP contribution in [0.2, 0.25) is 5.02 Å². The zero-order valence-electron chi connectivity index (χ0n) is 23.1. The minimum absolute atomic E-state index is 0.111. The summed E-state index contributed by atoms with van der Waals surface area (Å²) in [4.78, 5) is 24.4. The van der Waals surface area contributed by atoms with Gasteiger partial charge in [0.1, 0.15) is 10.7 Å². The summed E-state index contributed by atoms with van der Waals surface area (Å²) in [5, 5.41) is 16.2. The van der Waals surface area contributed by atoms with E-state index in [1.165, 1.54) is 28.7 Å². The Balaban J connectivity index is 1.10. The standard InChI is InChI=1S/C31H30ClN7OS2/c1-21-9-10-24(32)16-27(21)39-29(23-8-5-13-33-17-23)36-37-31(39)42-20-28-35-26(19-41-28)30(40)34-25-11-14-38(15-12-25)18-22-6-3-2-4-7-22/h2-10,13,16-17,19,25H,11-12,14-15,18,20H2,1H3,(H,34,40). The van der Waals surface area contributed by atoms with Crippen molar-refractivity contribution in [1.82, 2.24) is 34.9 Å². The Bertz CT molecular complexity index is 1650. The smallest absolute Gasteiger partial charge is 0.270 e. The molecule has 8 nitrogen and oxygen atoms in total. The molecule has 11 heteroatoms. The lowest BCUT2D eigenvalue weighted by Crippen LogP contribution is -2.44. The molecule has 0 bridgehead atoms. The van der Waals surface area contributed by atoms with E-state index in [1.807, 2.05) is 53.3 Å². The van der Waals surface area contributed by atoms with Crippen molar-refractivity contribution in [2.45, 2.75) is 43.3 Å². The van der Waals surface area contributed by atoms with Crippen LogP contribution in [0.5, 0.6) is 0 Å². The number of aromatic nitrogens is 5. The van der Waals surface area contributed by atoms with Crippen LogP contribution in [-0.4, -0.2) is 54.7 Å². The second-order valence-electron chi connectivity index (χ2n) is 10.2. The molecule has 1 saturated heterocycles. The average Bonchev–Trinajstić information content (AvgIpc) is 3.67. The van der Waals surface area contributed by atoms with Crippen LogP contribution >= 0.6 is 34.7 Å². The second kappa shape index (κ2) is 13.2. The van der Waals surface area contributed by atoms with Crippen LogP contribution in [0.3, 0.4) is 0 Å². The number of carbonyl (C=O) groups is 1. The molecule has 0 saturated carbocycles. The third-order valence-electron chi connectivity index (χ3n) is 7.25. The van der Waals surface area contributed by atoms with E-state index in [0.717, 1.165) is 54.3 Å². The molecule has 0 spiro atoms. The number of piperidine rings is 1. The lowest BCUT2D eigenvalue weighted by Gasteiger charge is -2.32. The van der Waals surface area contributed by atoms with Crippen molar-refractivity contribution in [2.24, 2.45) is 0 Å². The van der Waals surface area contributed by atoms with E-state index < -0.39 is 0 Å². The molecule has 0 radical (unpaired) electrons. The Kier molecular flexibility index (Phi) is 8.95. The summed E-state index contributed by atoms with van der Waals surface area (Å²) in [7, 11) is 0. The van der Waals surface area contributed by atoms with Gasteiger partial charge in [0.05, 0.1) is 11.4 Å². The molecule has 1 aliphatic heterocycles. The minimum atomic E-state index is -0.111. The van der Waals surface area contributed by atoms with Gasteiger partial charge in [-0.3, -0.25) is 19.2 Å². The molecule has 1 fully saturated rings. The fraction of sp³-hybridized carbons (Fsp3) is 0.258. The van der Waals surface area contributed by atoms with Crippen molar-refractivity contribution < 1.29 is 4.79 Å². The Hall–Kier alpha value is -3.57.